The third-order valence-electron chi connectivity index (χ3n) is 2.58. The predicted molar refractivity (Wildman–Crippen MR) is 89.5 cm³/mol. The van der Waals surface area contributed by atoms with Crippen LogP contribution in [0.25, 0.3) is 11.0 Å². The van der Waals surface area contributed by atoms with Crippen LogP contribution in [-0.4, -0.2) is 32.8 Å². The molecule has 0 aromatic carbocycles. The number of rotatable bonds is 3. The molecule has 6 nitrogen and oxygen atoms in total. The van der Waals surface area contributed by atoms with Crippen molar-refractivity contribution >= 4 is 51.3 Å². The summed E-state index contributed by atoms with van der Waals surface area (Å²) in [6.07, 6.45) is 2.93. The molecule has 0 spiro atoms. The van der Waals surface area contributed by atoms with Crippen LogP contribution in [0.3, 0.4) is 0 Å². The minimum Gasteiger partial charge on any atom is -0.444 e. The van der Waals surface area contributed by atoms with E-state index < -0.39 is 11.7 Å². The third kappa shape index (κ3) is 4.19. The monoisotopic (exact) mass is 422 g/mol. The highest BCUT2D eigenvalue weighted by atomic mass is 127. The normalized spacial score (nSPS) is 11.7. The predicted octanol–water partition coefficient (Wildman–Crippen LogP) is 3.21. The molecule has 2 aromatic heterocycles. The molecular weight excluding hydrogens is 407 g/mol. The summed E-state index contributed by atoms with van der Waals surface area (Å²) in [4.78, 5) is 19.8. The van der Waals surface area contributed by atoms with Gasteiger partial charge < -0.3 is 14.6 Å². The summed E-state index contributed by atoms with van der Waals surface area (Å²) in [7, 11) is 0. The first-order valence-corrected chi connectivity index (χ1v) is 7.85. The quantitative estimate of drug-likeness (QED) is 0.609. The van der Waals surface area contributed by atoms with E-state index >= 15 is 0 Å². The van der Waals surface area contributed by atoms with Crippen LogP contribution in [0, 0.1) is 3.57 Å². The zero-order valence-corrected chi connectivity index (χ0v) is 14.9. The van der Waals surface area contributed by atoms with E-state index in [4.69, 9.17) is 16.3 Å². The number of ether oxygens (including phenoxy) is 1. The molecule has 114 valence electrons. The second-order valence-electron chi connectivity index (χ2n) is 5.46. The fourth-order valence-corrected chi connectivity index (χ4v) is 3.03. The molecule has 0 atom stereocenters. The average molecular weight is 423 g/mol. The summed E-state index contributed by atoms with van der Waals surface area (Å²) in [5, 5.41) is 3.98. The maximum Gasteiger partial charge on any atom is 0.407 e. The second-order valence-corrected chi connectivity index (χ2v) is 6.98. The molecule has 2 heterocycles. The Bertz CT molecular complexity index is 666. The molecule has 2 aromatic rings. The standard InChI is InChI=1S/C13H16ClIN4O2/c1-13(2,3)21-12(20)16-4-5-19-6-8(15)9-10(14)17-7-18-11(9)19/h6-7H,4-5H2,1-3H3,(H,16,20). The first-order chi connectivity index (χ1) is 9.78. The molecule has 1 N–H and O–H groups in total. The smallest absolute Gasteiger partial charge is 0.407 e. The van der Waals surface area contributed by atoms with Crippen molar-refractivity contribution in [3.63, 3.8) is 0 Å². The molecule has 0 fully saturated rings. The maximum atomic E-state index is 11.6. The van der Waals surface area contributed by atoms with Crippen LogP contribution in [-0.2, 0) is 11.3 Å². The lowest BCUT2D eigenvalue weighted by Crippen LogP contribution is -2.34. The summed E-state index contributed by atoms with van der Waals surface area (Å²) in [6.45, 7) is 6.50. The number of halogens is 2. The van der Waals surface area contributed by atoms with Crippen molar-refractivity contribution in [2.45, 2.75) is 32.9 Å². The number of nitrogens with one attached hydrogen (secondary N) is 1. The molecule has 0 aliphatic carbocycles. The topological polar surface area (TPSA) is 69.0 Å². The van der Waals surface area contributed by atoms with Crippen LogP contribution < -0.4 is 5.32 Å². The Morgan fingerprint density at radius 3 is 2.86 bits per heavy atom. The lowest BCUT2D eigenvalue weighted by atomic mass is 10.2. The molecular formula is C13H16ClIN4O2. The van der Waals surface area contributed by atoms with E-state index in [0.717, 1.165) is 14.6 Å². The molecule has 0 saturated carbocycles. The van der Waals surface area contributed by atoms with E-state index in [2.05, 4.69) is 37.9 Å². The fourth-order valence-electron chi connectivity index (χ4n) is 1.80. The van der Waals surface area contributed by atoms with E-state index in [1.165, 1.54) is 6.33 Å². The number of fused-ring (bicyclic) bond motifs is 1. The summed E-state index contributed by atoms with van der Waals surface area (Å²) in [5.74, 6) is 0. The van der Waals surface area contributed by atoms with Gasteiger partial charge in [-0.3, -0.25) is 0 Å². The van der Waals surface area contributed by atoms with E-state index in [1.807, 2.05) is 31.5 Å². The van der Waals surface area contributed by atoms with Crippen molar-refractivity contribution in [2.24, 2.45) is 0 Å². The van der Waals surface area contributed by atoms with Gasteiger partial charge in [0, 0.05) is 22.9 Å². The molecule has 1 amide bonds. The van der Waals surface area contributed by atoms with Crippen molar-refractivity contribution in [2.75, 3.05) is 6.54 Å². The lowest BCUT2D eigenvalue weighted by molar-refractivity contribution is 0.0526. The number of aromatic nitrogens is 3. The number of amides is 1. The SMILES string of the molecule is CC(C)(C)OC(=O)NCCn1cc(I)c2c(Cl)ncnc21. The molecule has 0 saturated heterocycles. The molecule has 0 aliphatic rings. The Morgan fingerprint density at radius 2 is 2.19 bits per heavy atom. The first kappa shape index (κ1) is 16.3. The van der Waals surface area contributed by atoms with Gasteiger partial charge in [0.1, 0.15) is 22.7 Å². The number of hydrogen-bond acceptors (Lipinski definition) is 4. The lowest BCUT2D eigenvalue weighted by Gasteiger charge is -2.19. The number of alkyl carbamates (subject to hydrolysis) is 1. The molecule has 0 radical (unpaired) electrons. The first-order valence-electron chi connectivity index (χ1n) is 6.39. The fraction of sp³-hybridized carbons (Fsp3) is 0.462. The van der Waals surface area contributed by atoms with Crippen LogP contribution >= 0.6 is 34.2 Å². The Kier molecular flexibility index (Phi) is 4.92. The number of hydrogen-bond donors (Lipinski definition) is 1. The highest BCUT2D eigenvalue weighted by molar-refractivity contribution is 14.1. The molecule has 2 rings (SSSR count). The Labute approximate surface area is 141 Å². The Hall–Kier alpha value is -1.09. The van der Waals surface area contributed by atoms with Crippen LogP contribution in [0.1, 0.15) is 20.8 Å². The van der Waals surface area contributed by atoms with Gasteiger partial charge in [0.2, 0.25) is 0 Å². The van der Waals surface area contributed by atoms with E-state index in [1.54, 1.807) is 0 Å². The summed E-state index contributed by atoms with van der Waals surface area (Å²) >= 11 is 8.26. The highest BCUT2D eigenvalue weighted by Crippen LogP contribution is 2.26. The van der Waals surface area contributed by atoms with E-state index in [-0.39, 0.29) is 0 Å². The Morgan fingerprint density at radius 1 is 1.48 bits per heavy atom. The van der Waals surface area contributed by atoms with Gasteiger partial charge in [0.15, 0.2) is 0 Å². The number of nitrogens with zero attached hydrogens (tertiary/aromatic N) is 3. The van der Waals surface area contributed by atoms with Gasteiger partial charge in [-0.05, 0) is 43.4 Å². The van der Waals surface area contributed by atoms with Gasteiger partial charge in [-0.15, -0.1) is 0 Å². The minimum absolute atomic E-state index is 0.429. The summed E-state index contributed by atoms with van der Waals surface area (Å²) in [6, 6.07) is 0. The molecule has 8 heteroatoms. The van der Waals surface area contributed by atoms with Crippen molar-refractivity contribution in [3.8, 4) is 0 Å². The van der Waals surface area contributed by atoms with Crippen LogP contribution in [0.5, 0.6) is 0 Å². The summed E-state index contributed by atoms with van der Waals surface area (Å²) in [5.41, 5.74) is 0.255. The minimum atomic E-state index is -0.500. The molecule has 0 aliphatic heterocycles. The number of carbonyl (C=O) groups is 1. The largest absolute Gasteiger partial charge is 0.444 e. The Balaban J connectivity index is 2.02. The zero-order valence-electron chi connectivity index (χ0n) is 12.0. The van der Waals surface area contributed by atoms with Gasteiger partial charge in [0.05, 0.1) is 5.39 Å². The zero-order chi connectivity index (χ0) is 15.6. The van der Waals surface area contributed by atoms with Gasteiger partial charge in [0.25, 0.3) is 0 Å². The molecule has 0 unspecified atom stereocenters. The second kappa shape index (κ2) is 6.35. The molecule has 0 bridgehead atoms. The van der Waals surface area contributed by atoms with Crippen molar-refractivity contribution in [3.05, 3.63) is 21.2 Å². The van der Waals surface area contributed by atoms with Gasteiger partial charge in [-0.1, -0.05) is 11.6 Å². The van der Waals surface area contributed by atoms with Crippen LogP contribution in [0.15, 0.2) is 12.5 Å². The van der Waals surface area contributed by atoms with Gasteiger partial charge in [-0.2, -0.15) is 0 Å². The average Bonchev–Trinajstić information content (AvgIpc) is 2.65. The summed E-state index contributed by atoms with van der Waals surface area (Å²) < 4.78 is 8.09. The van der Waals surface area contributed by atoms with Gasteiger partial charge in [-0.25, -0.2) is 14.8 Å². The van der Waals surface area contributed by atoms with Crippen LogP contribution in [0.2, 0.25) is 5.15 Å². The number of carbonyl (C=O) groups excluding carboxylic acids is 1. The molecule has 21 heavy (non-hydrogen) atoms. The van der Waals surface area contributed by atoms with Crippen LogP contribution in [0.4, 0.5) is 4.79 Å². The van der Waals surface area contributed by atoms with E-state index in [0.29, 0.717) is 18.2 Å². The van der Waals surface area contributed by atoms with Gasteiger partial charge >= 0.3 is 6.09 Å². The van der Waals surface area contributed by atoms with E-state index in [9.17, 15) is 4.79 Å². The third-order valence-corrected chi connectivity index (χ3v) is 3.69. The van der Waals surface area contributed by atoms with Crippen molar-refractivity contribution in [1.29, 1.82) is 0 Å². The van der Waals surface area contributed by atoms with Crippen molar-refractivity contribution in [1.82, 2.24) is 19.9 Å². The van der Waals surface area contributed by atoms with Crippen molar-refractivity contribution < 1.29 is 9.53 Å². The maximum absolute atomic E-state index is 11.6. The highest BCUT2D eigenvalue weighted by Gasteiger charge is 2.16.